The number of pyridine rings is 1. The van der Waals surface area contributed by atoms with Gasteiger partial charge in [0.2, 0.25) is 5.91 Å². The molecule has 1 amide bonds. The molecule has 0 aliphatic heterocycles. The highest BCUT2D eigenvalue weighted by Gasteiger charge is 2.67. The Morgan fingerprint density at radius 3 is 2.32 bits per heavy atom. The molecule has 3 atom stereocenters. The van der Waals surface area contributed by atoms with Gasteiger partial charge in [0.1, 0.15) is 36.1 Å². The molecule has 8 rings (SSSR count). The number of rotatable bonds is 15. The zero-order chi connectivity index (χ0) is 43.2. The van der Waals surface area contributed by atoms with Crippen LogP contribution in [0.5, 0.6) is 0 Å². The number of aromatic nitrogens is 5. The summed E-state index contributed by atoms with van der Waals surface area (Å²) in [6, 6.07) is 7.57. The lowest BCUT2D eigenvalue weighted by atomic mass is 9.93. The van der Waals surface area contributed by atoms with Gasteiger partial charge in [-0.15, -0.1) is 0 Å². The van der Waals surface area contributed by atoms with Crippen molar-refractivity contribution in [2.24, 2.45) is 5.92 Å². The Kier molecular flexibility index (Phi) is 10.6. The quantitative estimate of drug-likeness (QED) is 0.105. The molecule has 19 heteroatoms. The van der Waals surface area contributed by atoms with Crippen molar-refractivity contribution in [3.05, 3.63) is 98.7 Å². The number of halogens is 9. The predicted molar refractivity (Wildman–Crippen MR) is 206 cm³/mol. The van der Waals surface area contributed by atoms with Crippen molar-refractivity contribution in [3.63, 3.8) is 0 Å². The van der Waals surface area contributed by atoms with Gasteiger partial charge in [0.15, 0.2) is 9.84 Å². The SMILES string of the molecule is Cc1nn(CC(F)F)c2c(-c3ccc(CCC(C)(C)S(=O)(=O)C4CC4)nc3[C@H](Cc3cc(F)cc(F)c3)NC(=O)Cn3nc(C(F)F)c4c3C(F)(F)[C@@H]3C[C@H]43)ccc(Cl)c12. The molecule has 3 aliphatic carbocycles. The van der Waals surface area contributed by atoms with Crippen molar-refractivity contribution in [2.75, 3.05) is 0 Å². The van der Waals surface area contributed by atoms with Crippen LogP contribution in [0.2, 0.25) is 5.02 Å². The van der Waals surface area contributed by atoms with Crippen LogP contribution in [0, 0.1) is 24.5 Å². The van der Waals surface area contributed by atoms with Gasteiger partial charge in [-0.3, -0.25) is 19.1 Å². The van der Waals surface area contributed by atoms with E-state index < -0.39 is 98.5 Å². The summed E-state index contributed by atoms with van der Waals surface area (Å²) in [6.45, 7) is 3.05. The fraction of sp³-hybridized carbons (Fsp3) is 0.463. The van der Waals surface area contributed by atoms with Crippen LogP contribution in [0.4, 0.5) is 35.1 Å². The van der Waals surface area contributed by atoms with E-state index in [1.165, 1.54) is 12.1 Å². The Balaban J connectivity index is 1.26. The van der Waals surface area contributed by atoms with Gasteiger partial charge in [0.05, 0.1) is 38.0 Å². The van der Waals surface area contributed by atoms with Crippen molar-refractivity contribution in [3.8, 4) is 11.1 Å². The summed E-state index contributed by atoms with van der Waals surface area (Å²) in [5.41, 5.74) is -0.464. The fourth-order valence-corrected chi connectivity index (χ4v) is 11.0. The summed E-state index contributed by atoms with van der Waals surface area (Å²) >= 11 is 6.58. The molecule has 0 unspecified atom stereocenters. The highest BCUT2D eigenvalue weighted by molar-refractivity contribution is 7.93. The highest BCUT2D eigenvalue weighted by atomic mass is 35.5. The lowest BCUT2D eigenvalue weighted by molar-refractivity contribution is -0.123. The molecule has 320 valence electrons. The van der Waals surface area contributed by atoms with Gasteiger partial charge in [-0.1, -0.05) is 23.7 Å². The van der Waals surface area contributed by atoms with E-state index in [0.717, 1.165) is 16.8 Å². The van der Waals surface area contributed by atoms with Crippen LogP contribution in [0.25, 0.3) is 22.0 Å². The number of hydrogen-bond donors (Lipinski definition) is 1. The summed E-state index contributed by atoms with van der Waals surface area (Å²) in [7, 11) is -3.51. The van der Waals surface area contributed by atoms with E-state index in [-0.39, 0.29) is 64.2 Å². The maximum atomic E-state index is 15.5. The molecule has 3 aliphatic rings. The average Bonchev–Trinajstić information content (AvgIpc) is 4.08. The lowest BCUT2D eigenvalue weighted by Crippen LogP contribution is -2.36. The van der Waals surface area contributed by atoms with Gasteiger partial charge < -0.3 is 5.32 Å². The van der Waals surface area contributed by atoms with Gasteiger partial charge in [-0.2, -0.15) is 19.0 Å². The summed E-state index contributed by atoms with van der Waals surface area (Å²) < 4.78 is 143. The lowest BCUT2D eigenvalue weighted by Gasteiger charge is -2.26. The van der Waals surface area contributed by atoms with Gasteiger partial charge >= 0.3 is 0 Å². The summed E-state index contributed by atoms with van der Waals surface area (Å²) in [5.74, 6) is -8.42. The van der Waals surface area contributed by atoms with Crippen LogP contribution in [-0.2, 0) is 46.5 Å². The number of hydrogen-bond acceptors (Lipinski definition) is 6. The van der Waals surface area contributed by atoms with E-state index >= 15 is 8.78 Å². The zero-order valence-electron chi connectivity index (χ0n) is 32.4. The third-order valence-electron chi connectivity index (χ3n) is 11.8. The summed E-state index contributed by atoms with van der Waals surface area (Å²) in [4.78, 5) is 18.9. The topological polar surface area (TPSA) is 112 Å². The summed E-state index contributed by atoms with van der Waals surface area (Å²) in [6.07, 6.45) is -5.03. The van der Waals surface area contributed by atoms with E-state index in [9.17, 15) is 39.6 Å². The first-order valence-corrected chi connectivity index (χ1v) is 21.3. The van der Waals surface area contributed by atoms with E-state index in [1.807, 2.05) is 0 Å². The Morgan fingerprint density at radius 1 is 0.983 bits per heavy atom. The normalized spacial score (nSPS) is 19.0. The number of amides is 1. The highest BCUT2D eigenvalue weighted by Crippen LogP contribution is 2.68. The van der Waals surface area contributed by atoms with Crippen molar-refractivity contribution >= 4 is 38.2 Å². The largest absolute Gasteiger partial charge is 0.346 e. The minimum atomic E-state index is -3.53. The molecular formula is C41H39ClF8N6O3S. The predicted octanol–water partition coefficient (Wildman–Crippen LogP) is 9.34. The fourth-order valence-electron chi connectivity index (χ4n) is 8.62. The summed E-state index contributed by atoms with van der Waals surface area (Å²) in [5, 5.41) is 10.9. The average molecular weight is 883 g/mol. The minimum Gasteiger partial charge on any atom is -0.346 e. The van der Waals surface area contributed by atoms with E-state index in [1.54, 1.807) is 32.9 Å². The van der Waals surface area contributed by atoms with Crippen LogP contribution in [0.3, 0.4) is 0 Å². The van der Waals surface area contributed by atoms with Gasteiger partial charge in [-0.05, 0) is 95.0 Å². The molecule has 1 N–H and O–H groups in total. The third-order valence-corrected chi connectivity index (χ3v) is 15.2. The maximum absolute atomic E-state index is 15.5. The molecule has 2 fully saturated rings. The second-order valence-electron chi connectivity index (χ2n) is 16.5. The Bertz CT molecular complexity index is 2630. The molecule has 5 aromatic rings. The van der Waals surface area contributed by atoms with Gasteiger partial charge in [0, 0.05) is 39.8 Å². The molecule has 2 saturated carbocycles. The molecule has 3 heterocycles. The number of carbonyl (C=O) groups is 1. The first kappa shape index (κ1) is 42.1. The van der Waals surface area contributed by atoms with Crippen molar-refractivity contribution in [2.45, 2.75) is 113 Å². The monoisotopic (exact) mass is 882 g/mol. The minimum absolute atomic E-state index is 0.00602. The van der Waals surface area contributed by atoms with Crippen LogP contribution < -0.4 is 5.32 Å². The molecule has 0 radical (unpaired) electrons. The molecule has 0 saturated heterocycles. The van der Waals surface area contributed by atoms with Gasteiger partial charge in [0.25, 0.3) is 18.8 Å². The standard InChI is InChI=1S/C41H39ClF8N6O3S/c1-19-33-29(42)9-8-26(37(33)55(53-19)17-31(45)46)25-7-4-23(10-11-40(2,3)60(58,59)24-5-6-24)51-35(25)30(14-20-12-21(43)15-22(44)13-20)52-32(57)18-56-38-34(36(54-56)39(47)48)27-16-28(27)41(38,49)50/h4,7-9,12-13,15,24,27-28,30-31,39H,5-6,10-11,14,16-18H2,1-3H3,(H,52,57)/t27-,28+,30-/m0/s1. The number of carbonyl (C=O) groups excluding carboxylic acids is 1. The van der Waals surface area contributed by atoms with Crippen LogP contribution in [0.15, 0.2) is 42.5 Å². The first-order valence-electron chi connectivity index (χ1n) is 19.4. The maximum Gasteiger partial charge on any atom is 0.293 e. The smallest absolute Gasteiger partial charge is 0.293 e. The van der Waals surface area contributed by atoms with Crippen molar-refractivity contribution in [1.29, 1.82) is 0 Å². The molecular weight excluding hydrogens is 844 g/mol. The van der Waals surface area contributed by atoms with E-state index in [0.29, 0.717) is 40.4 Å². The number of aryl methyl sites for hydroxylation is 2. The Hall–Kier alpha value is -4.58. The Morgan fingerprint density at radius 2 is 1.67 bits per heavy atom. The van der Waals surface area contributed by atoms with E-state index in [2.05, 4.69) is 15.5 Å². The number of nitrogens with zero attached hydrogens (tertiary/aromatic N) is 5. The molecule has 9 nitrogen and oxygen atoms in total. The molecule has 2 aromatic carbocycles. The Labute approximate surface area is 344 Å². The van der Waals surface area contributed by atoms with Crippen LogP contribution in [-0.4, -0.2) is 55.3 Å². The molecule has 0 bridgehead atoms. The third kappa shape index (κ3) is 7.55. The number of alkyl halides is 6. The van der Waals surface area contributed by atoms with Gasteiger partial charge in [-0.25, -0.2) is 34.8 Å². The van der Waals surface area contributed by atoms with Crippen LogP contribution >= 0.6 is 11.6 Å². The zero-order valence-corrected chi connectivity index (χ0v) is 34.0. The number of nitrogens with one attached hydrogen (secondary N) is 1. The first-order chi connectivity index (χ1) is 28.2. The number of benzene rings is 2. The number of fused-ring (bicyclic) bond motifs is 4. The molecule has 60 heavy (non-hydrogen) atoms. The second-order valence-corrected chi connectivity index (χ2v) is 19.8. The van der Waals surface area contributed by atoms with Crippen LogP contribution in [0.1, 0.15) is 97.5 Å². The second kappa shape index (κ2) is 15.1. The number of sulfone groups is 1. The van der Waals surface area contributed by atoms with E-state index in [4.69, 9.17) is 16.6 Å². The molecule has 0 spiro atoms. The molecule has 3 aromatic heterocycles. The van der Waals surface area contributed by atoms with Crippen molar-refractivity contribution in [1.82, 2.24) is 29.9 Å². The van der Waals surface area contributed by atoms with Crippen molar-refractivity contribution < 1.29 is 48.3 Å².